The monoisotopic (exact) mass is 587 g/mol. The van der Waals surface area contributed by atoms with Gasteiger partial charge in [-0.1, -0.05) is 12.1 Å². The van der Waals surface area contributed by atoms with E-state index in [0.717, 1.165) is 23.2 Å². The minimum absolute atomic E-state index is 0.0759. The number of pyridine rings is 1. The number of amides is 3. The summed E-state index contributed by atoms with van der Waals surface area (Å²) in [6.45, 7) is 2.02. The lowest BCUT2D eigenvalue weighted by molar-refractivity contribution is 0.0428. The van der Waals surface area contributed by atoms with Gasteiger partial charge in [0, 0.05) is 35.6 Å². The molecule has 0 unspecified atom stereocenters. The molecule has 0 fully saturated rings. The molecule has 0 radical (unpaired) electrons. The Kier molecular flexibility index (Phi) is 7.24. The van der Waals surface area contributed by atoms with E-state index in [0.29, 0.717) is 5.69 Å². The Labute approximate surface area is 243 Å². The zero-order valence-electron chi connectivity index (χ0n) is 22.7. The summed E-state index contributed by atoms with van der Waals surface area (Å²) in [5.41, 5.74) is -0.330. The van der Waals surface area contributed by atoms with Crippen LogP contribution in [0, 0.1) is 11.3 Å². The molecule has 0 saturated carbocycles. The third-order valence-electron chi connectivity index (χ3n) is 7.01. The van der Waals surface area contributed by atoms with E-state index in [-0.39, 0.29) is 46.2 Å². The molecule has 3 amide bonds. The number of phenolic OH excluding ortho intramolecular Hbond substituents is 1. The summed E-state index contributed by atoms with van der Waals surface area (Å²) in [5, 5.41) is 34.8. The van der Waals surface area contributed by atoms with Gasteiger partial charge in [-0.3, -0.25) is 19.2 Å². The third-order valence-corrected chi connectivity index (χ3v) is 7.01. The van der Waals surface area contributed by atoms with E-state index in [9.17, 15) is 19.5 Å². The van der Waals surface area contributed by atoms with E-state index >= 15 is 8.78 Å². The first-order valence-electron chi connectivity index (χ1n) is 12.8. The summed E-state index contributed by atoms with van der Waals surface area (Å²) in [5.74, 6) is -5.09. The Morgan fingerprint density at radius 2 is 1.86 bits per heavy atom. The minimum atomic E-state index is -3.50. The van der Waals surface area contributed by atoms with E-state index in [1.807, 2.05) is 0 Å². The number of fused-ring (bicyclic) bond motifs is 1. The molecule has 218 valence electrons. The van der Waals surface area contributed by atoms with Crippen LogP contribution < -0.4 is 15.1 Å². The number of nitrogens with zero attached hydrogens (tertiary/aromatic N) is 6. The van der Waals surface area contributed by atoms with Crippen LogP contribution in [0.25, 0.3) is 0 Å². The molecule has 4 aromatic rings. The number of carbonyl (C=O) groups excluding carboxylic acids is 2. The number of hydrogen-bond donors (Lipinski definition) is 3. The predicted molar refractivity (Wildman–Crippen MR) is 149 cm³/mol. The number of benzene rings is 2. The molecular weight excluding hydrogens is 564 g/mol. The van der Waals surface area contributed by atoms with E-state index in [1.54, 1.807) is 13.0 Å². The van der Waals surface area contributed by atoms with Crippen molar-refractivity contribution < 1.29 is 33.4 Å². The molecule has 12 nitrogen and oxygen atoms in total. The number of alkyl halides is 2. The van der Waals surface area contributed by atoms with Crippen molar-refractivity contribution in [1.29, 1.82) is 5.26 Å². The second-order valence-corrected chi connectivity index (χ2v) is 9.78. The van der Waals surface area contributed by atoms with Crippen LogP contribution in [0.15, 0.2) is 67.0 Å². The van der Waals surface area contributed by atoms with Gasteiger partial charge in [-0.25, -0.2) is 9.78 Å². The quantitative estimate of drug-likeness (QED) is 0.299. The lowest BCUT2D eigenvalue weighted by atomic mass is 10.00. The zero-order valence-corrected chi connectivity index (χ0v) is 22.7. The fourth-order valence-electron chi connectivity index (χ4n) is 4.71. The van der Waals surface area contributed by atoms with E-state index in [2.05, 4.69) is 15.4 Å². The average Bonchev–Trinajstić information content (AvgIpc) is 3.39. The molecule has 0 aliphatic carbocycles. The minimum Gasteiger partial charge on any atom is -0.507 e. The van der Waals surface area contributed by atoms with Crippen LogP contribution >= 0.6 is 0 Å². The van der Waals surface area contributed by atoms with Gasteiger partial charge in [-0.05, 0) is 49.4 Å². The highest BCUT2D eigenvalue weighted by atomic mass is 19.3. The van der Waals surface area contributed by atoms with Crippen molar-refractivity contribution in [1.82, 2.24) is 14.8 Å². The molecule has 1 aliphatic heterocycles. The first-order chi connectivity index (χ1) is 20.4. The second kappa shape index (κ2) is 10.9. The van der Waals surface area contributed by atoms with Gasteiger partial charge < -0.3 is 20.4 Å². The fraction of sp³-hybridized carbons (Fsp3) is 0.172. The zero-order chi connectivity index (χ0) is 31.1. The van der Waals surface area contributed by atoms with E-state index in [4.69, 9.17) is 10.4 Å². The van der Waals surface area contributed by atoms with E-state index < -0.39 is 35.4 Å². The summed E-state index contributed by atoms with van der Waals surface area (Å²) in [4.78, 5) is 43.7. The molecule has 2 aromatic heterocycles. The lowest BCUT2D eigenvalue weighted by Gasteiger charge is -2.34. The van der Waals surface area contributed by atoms with Gasteiger partial charge in [0.2, 0.25) is 0 Å². The van der Waals surface area contributed by atoms with Gasteiger partial charge in [0.25, 0.3) is 17.7 Å². The maximum absolute atomic E-state index is 15.4. The van der Waals surface area contributed by atoms with Crippen LogP contribution in [-0.2, 0) is 12.5 Å². The molecular formula is C29H23F2N7O5. The van der Waals surface area contributed by atoms with Crippen molar-refractivity contribution in [3.05, 3.63) is 94.9 Å². The SMILES string of the molecule is C[C@H]1Cn2ncc(NC(=O)c3ccc(O)c(C#N)c3)c2C(=O)N1c1ccc(C(F)(F)c2ccnc(N(C)C(=O)O)c2)cc1. The van der Waals surface area contributed by atoms with Crippen LogP contribution in [0.3, 0.4) is 0 Å². The first kappa shape index (κ1) is 28.7. The van der Waals surface area contributed by atoms with Crippen molar-refractivity contribution in [2.45, 2.75) is 25.4 Å². The highest BCUT2D eigenvalue weighted by Gasteiger charge is 2.37. The number of phenols is 1. The third kappa shape index (κ3) is 5.19. The topological polar surface area (TPSA) is 165 Å². The van der Waals surface area contributed by atoms with Crippen LogP contribution in [0.2, 0.25) is 0 Å². The van der Waals surface area contributed by atoms with E-state index in [1.165, 1.54) is 65.3 Å². The molecule has 3 heterocycles. The van der Waals surface area contributed by atoms with Gasteiger partial charge >= 0.3 is 6.09 Å². The molecule has 43 heavy (non-hydrogen) atoms. The number of aromatic hydroxyl groups is 1. The Balaban J connectivity index is 1.40. The van der Waals surface area contributed by atoms with Crippen molar-refractivity contribution in [2.75, 3.05) is 22.2 Å². The van der Waals surface area contributed by atoms with Crippen LogP contribution in [0.1, 0.15) is 44.5 Å². The molecule has 5 rings (SSSR count). The number of carbonyl (C=O) groups is 3. The number of hydrogen-bond acceptors (Lipinski definition) is 7. The highest BCUT2D eigenvalue weighted by molar-refractivity contribution is 6.13. The number of nitriles is 1. The smallest absolute Gasteiger partial charge is 0.412 e. The van der Waals surface area contributed by atoms with Crippen molar-refractivity contribution in [2.24, 2.45) is 0 Å². The Morgan fingerprint density at radius 1 is 1.14 bits per heavy atom. The van der Waals surface area contributed by atoms with Gasteiger partial charge in [0.05, 0.1) is 30.0 Å². The van der Waals surface area contributed by atoms with Gasteiger partial charge in [0.15, 0.2) is 0 Å². The van der Waals surface area contributed by atoms with Gasteiger partial charge in [-0.15, -0.1) is 0 Å². The van der Waals surface area contributed by atoms with Crippen molar-refractivity contribution in [3.63, 3.8) is 0 Å². The summed E-state index contributed by atoms with van der Waals surface area (Å²) < 4.78 is 32.3. The van der Waals surface area contributed by atoms with Crippen LogP contribution in [0.5, 0.6) is 5.75 Å². The fourth-order valence-corrected chi connectivity index (χ4v) is 4.71. The molecule has 0 bridgehead atoms. The Bertz CT molecular complexity index is 1800. The number of halogens is 2. The summed E-state index contributed by atoms with van der Waals surface area (Å²) >= 11 is 0. The lowest BCUT2D eigenvalue weighted by Crippen LogP contribution is -2.47. The molecule has 1 aliphatic rings. The Morgan fingerprint density at radius 3 is 2.53 bits per heavy atom. The number of aromatic nitrogens is 3. The van der Waals surface area contributed by atoms with Gasteiger partial charge in [-0.2, -0.15) is 19.1 Å². The largest absolute Gasteiger partial charge is 0.507 e. The number of anilines is 3. The molecule has 3 N–H and O–H groups in total. The summed E-state index contributed by atoms with van der Waals surface area (Å²) in [7, 11) is 1.19. The standard InChI is InChI=1S/C29H23F2N7O5/c1-16-15-37-25(22(14-34-37)35-26(40)17-3-8-23(39)18(11-17)13-32)27(41)38(16)21-6-4-19(5-7-21)29(30,31)20-9-10-33-24(12-20)36(2)28(42)43/h3-12,14,16,39H,15H2,1-2H3,(H,35,40)(H,42,43)/t16-/m0/s1. The molecule has 14 heteroatoms. The molecule has 0 spiro atoms. The summed E-state index contributed by atoms with van der Waals surface area (Å²) in [6, 6.07) is 12.3. The molecule has 1 atom stereocenters. The average molecular weight is 588 g/mol. The van der Waals surface area contributed by atoms with Crippen LogP contribution in [-0.4, -0.2) is 56.0 Å². The van der Waals surface area contributed by atoms with Crippen molar-refractivity contribution in [3.8, 4) is 11.8 Å². The number of nitrogens with one attached hydrogen (secondary N) is 1. The highest BCUT2D eigenvalue weighted by Crippen LogP contribution is 2.38. The molecule has 0 saturated heterocycles. The maximum atomic E-state index is 15.4. The molecule has 2 aromatic carbocycles. The Hall–Kier alpha value is -5.84. The number of rotatable bonds is 6. The van der Waals surface area contributed by atoms with Crippen LogP contribution in [0.4, 0.5) is 30.8 Å². The normalized spacial score (nSPS) is 14.5. The maximum Gasteiger partial charge on any atom is 0.412 e. The van der Waals surface area contributed by atoms with Gasteiger partial charge in [0.1, 0.15) is 23.3 Å². The second-order valence-electron chi connectivity index (χ2n) is 9.78. The number of carboxylic acid groups (broad SMARTS) is 1. The van der Waals surface area contributed by atoms with Crippen molar-refractivity contribution >= 4 is 35.1 Å². The predicted octanol–water partition coefficient (Wildman–Crippen LogP) is 4.41. The first-order valence-corrected chi connectivity index (χ1v) is 12.8. The summed E-state index contributed by atoms with van der Waals surface area (Å²) in [6.07, 6.45) is 1.07.